The molecule has 1 saturated heterocycles. The van der Waals surface area contributed by atoms with Crippen LogP contribution in [0.5, 0.6) is 0 Å². The molecular weight excluding hydrogens is 236 g/mol. The second-order valence-corrected chi connectivity index (χ2v) is 5.09. The summed E-state index contributed by atoms with van der Waals surface area (Å²) in [5.41, 5.74) is 2.17. The molecule has 17 heavy (non-hydrogen) atoms. The second kappa shape index (κ2) is 5.25. The molecule has 0 saturated carbocycles. The summed E-state index contributed by atoms with van der Waals surface area (Å²) in [6, 6.07) is 6.57. The van der Waals surface area contributed by atoms with Gasteiger partial charge in [-0.2, -0.15) is 0 Å². The summed E-state index contributed by atoms with van der Waals surface area (Å²) < 4.78 is 0. The molecule has 0 aliphatic carbocycles. The highest BCUT2D eigenvalue weighted by molar-refractivity contribution is 6.31. The molecule has 3 nitrogen and oxygen atoms in total. The Morgan fingerprint density at radius 3 is 2.88 bits per heavy atom. The molecule has 0 amide bonds. The number of hydrogen-bond donors (Lipinski definition) is 2. The minimum Gasteiger partial charge on any atom is -0.394 e. The fourth-order valence-electron chi connectivity index (χ4n) is 2.38. The fraction of sp³-hybridized carbons (Fsp3) is 0.538. The van der Waals surface area contributed by atoms with E-state index in [9.17, 15) is 5.11 Å². The largest absolute Gasteiger partial charge is 0.394 e. The Bertz CT molecular complexity index is 397. The third kappa shape index (κ3) is 2.57. The van der Waals surface area contributed by atoms with E-state index >= 15 is 0 Å². The maximum atomic E-state index is 9.45. The fourth-order valence-corrected chi connectivity index (χ4v) is 2.55. The molecule has 2 unspecified atom stereocenters. The molecule has 1 aliphatic heterocycles. The molecular formula is C13H19ClN2O. The van der Waals surface area contributed by atoms with E-state index in [2.05, 4.69) is 23.2 Å². The SMILES string of the molecule is Cc1ccc(N2C(C)CNCC2CO)cc1Cl. The van der Waals surface area contributed by atoms with Crippen LogP contribution in [0.1, 0.15) is 12.5 Å². The van der Waals surface area contributed by atoms with Gasteiger partial charge in [-0.3, -0.25) is 0 Å². The van der Waals surface area contributed by atoms with Crippen LogP contribution in [0.2, 0.25) is 5.02 Å². The van der Waals surface area contributed by atoms with Crippen LogP contribution in [-0.4, -0.2) is 36.9 Å². The normalized spacial score (nSPS) is 25.1. The topological polar surface area (TPSA) is 35.5 Å². The molecule has 1 aliphatic rings. The average molecular weight is 255 g/mol. The molecule has 94 valence electrons. The lowest BCUT2D eigenvalue weighted by Gasteiger charge is -2.42. The zero-order chi connectivity index (χ0) is 12.4. The van der Waals surface area contributed by atoms with Crippen LogP contribution >= 0.6 is 11.6 Å². The van der Waals surface area contributed by atoms with E-state index in [1.165, 1.54) is 0 Å². The van der Waals surface area contributed by atoms with E-state index in [1.807, 2.05) is 19.1 Å². The van der Waals surface area contributed by atoms with Crippen LogP contribution < -0.4 is 10.2 Å². The number of benzene rings is 1. The van der Waals surface area contributed by atoms with Gasteiger partial charge in [-0.1, -0.05) is 17.7 Å². The van der Waals surface area contributed by atoms with Gasteiger partial charge in [0, 0.05) is 29.8 Å². The van der Waals surface area contributed by atoms with Crippen molar-refractivity contribution in [1.29, 1.82) is 0 Å². The van der Waals surface area contributed by atoms with Crippen molar-refractivity contribution < 1.29 is 5.11 Å². The van der Waals surface area contributed by atoms with E-state index in [-0.39, 0.29) is 12.6 Å². The Balaban J connectivity index is 2.31. The van der Waals surface area contributed by atoms with Crippen LogP contribution in [0.25, 0.3) is 0 Å². The molecule has 0 aromatic heterocycles. The van der Waals surface area contributed by atoms with E-state index in [1.54, 1.807) is 0 Å². The van der Waals surface area contributed by atoms with Crippen molar-refractivity contribution in [1.82, 2.24) is 5.32 Å². The van der Waals surface area contributed by atoms with Crippen molar-refractivity contribution in [3.8, 4) is 0 Å². The quantitative estimate of drug-likeness (QED) is 0.845. The Kier molecular flexibility index (Phi) is 3.92. The van der Waals surface area contributed by atoms with Crippen LogP contribution in [-0.2, 0) is 0 Å². The molecule has 1 aromatic rings. The number of aliphatic hydroxyl groups is 1. The molecule has 2 N–H and O–H groups in total. The van der Waals surface area contributed by atoms with Crippen LogP contribution in [0.3, 0.4) is 0 Å². The number of aliphatic hydroxyl groups excluding tert-OH is 1. The van der Waals surface area contributed by atoms with E-state index < -0.39 is 0 Å². The van der Waals surface area contributed by atoms with E-state index in [0.717, 1.165) is 29.4 Å². The summed E-state index contributed by atoms with van der Waals surface area (Å²) in [4.78, 5) is 2.25. The van der Waals surface area contributed by atoms with Gasteiger partial charge in [-0.05, 0) is 31.5 Å². The van der Waals surface area contributed by atoms with Gasteiger partial charge in [0.25, 0.3) is 0 Å². The highest BCUT2D eigenvalue weighted by Gasteiger charge is 2.27. The van der Waals surface area contributed by atoms with Gasteiger partial charge in [-0.25, -0.2) is 0 Å². The molecule has 1 fully saturated rings. The van der Waals surface area contributed by atoms with E-state index in [0.29, 0.717) is 6.04 Å². The van der Waals surface area contributed by atoms with Crippen molar-refractivity contribution in [2.75, 3.05) is 24.6 Å². The van der Waals surface area contributed by atoms with Gasteiger partial charge in [0.1, 0.15) is 0 Å². The maximum absolute atomic E-state index is 9.45. The summed E-state index contributed by atoms with van der Waals surface area (Å²) in [6.45, 7) is 6.05. The van der Waals surface area contributed by atoms with Crippen molar-refractivity contribution >= 4 is 17.3 Å². The minimum absolute atomic E-state index is 0.123. The van der Waals surface area contributed by atoms with Gasteiger partial charge in [0.15, 0.2) is 0 Å². The van der Waals surface area contributed by atoms with Crippen molar-refractivity contribution in [2.24, 2.45) is 0 Å². The first-order valence-electron chi connectivity index (χ1n) is 5.99. The monoisotopic (exact) mass is 254 g/mol. The zero-order valence-electron chi connectivity index (χ0n) is 10.3. The van der Waals surface area contributed by atoms with Gasteiger partial charge in [0.05, 0.1) is 12.6 Å². The zero-order valence-corrected chi connectivity index (χ0v) is 11.0. The second-order valence-electron chi connectivity index (χ2n) is 4.68. The van der Waals surface area contributed by atoms with Gasteiger partial charge >= 0.3 is 0 Å². The first-order valence-corrected chi connectivity index (χ1v) is 6.37. The summed E-state index contributed by atoms with van der Waals surface area (Å²) in [5.74, 6) is 0. The number of aryl methyl sites for hydroxylation is 1. The predicted octanol–water partition coefficient (Wildman–Crippen LogP) is 1.81. The number of anilines is 1. The minimum atomic E-state index is 0.123. The Labute approximate surface area is 107 Å². The number of rotatable bonds is 2. The smallest absolute Gasteiger partial charge is 0.0649 e. The molecule has 0 bridgehead atoms. The molecule has 1 aromatic carbocycles. The van der Waals surface area contributed by atoms with Crippen LogP contribution in [0.15, 0.2) is 18.2 Å². The van der Waals surface area contributed by atoms with Crippen molar-refractivity contribution in [3.63, 3.8) is 0 Å². The number of hydrogen-bond acceptors (Lipinski definition) is 3. The van der Waals surface area contributed by atoms with Crippen LogP contribution in [0, 0.1) is 6.92 Å². The number of nitrogens with one attached hydrogen (secondary N) is 1. The lowest BCUT2D eigenvalue weighted by molar-refractivity contribution is 0.235. The molecule has 0 spiro atoms. The van der Waals surface area contributed by atoms with Gasteiger partial charge in [0.2, 0.25) is 0 Å². The lowest BCUT2D eigenvalue weighted by Crippen LogP contribution is -2.58. The van der Waals surface area contributed by atoms with Crippen LogP contribution in [0.4, 0.5) is 5.69 Å². The summed E-state index contributed by atoms with van der Waals surface area (Å²) >= 11 is 6.17. The predicted molar refractivity (Wildman–Crippen MR) is 71.9 cm³/mol. The molecule has 2 rings (SSSR count). The number of piperazine rings is 1. The van der Waals surface area contributed by atoms with E-state index in [4.69, 9.17) is 11.6 Å². The lowest BCUT2D eigenvalue weighted by atomic mass is 10.1. The van der Waals surface area contributed by atoms with Crippen molar-refractivity contribution in [3.05, 3.63) is 28.8 Å². The standard InChI is InChI=1S/C13H19ClN2O/c1-9-3-4-11(5-13(9)14)16-10(2)6-15-7-12(16)8-17/h3-5,10,12,15,17H,6-8H2,1-2H3. The van der Waals surface area contributed by atoms with Gasteiger partial charge in [-0.15, -0.1) is 0 Å². The molecule has 0 radical (unpaired) electrons. The first kappa shape index (κ1) is 12.7. The molecule has 1 heterocycles. The Hall–Kier alpha value is -0.770. The van der Waals surface area contributed by atoms with Gasteiger partial charge < -0.3 is 15.3 Å². The summed E-state index contributed by atoms with van der Waals surface area (Å²) in [7, 11) is 0. The third-order valence-electron chi connectivity index (χ3n) is 3.35. The highest BCUT2D eigenvalue weighted by atomic mass is 35.5. The summed E-state index contributed by atoms with van der Waals surface area (Å²) in [5, 5.41) is 13.6. The number of halogens is 1. The third-order valence-corrected chi connectivity index (χ3v) is 3.76. The molecule has 4 heteroatoms. The molecule has 2 atom stereocenters. The number of nitrogens with zero attached hydrogens (tertiary/aromatic N) is 1. The Morgan fingerprint density at radius 1 is 1.47 bits per heavy atom. The Morgan fingerprint density at radius 2 is 2.24 bits per heavy atom. The highest BCUT2D eigenvalue weighted by Crippen LogP contribution is 2.27. The average Bonchev–Trinajstić information content (AvgIpc) is 2.32. The van der Waals surface area contributed by atoms with Crippen molar-refractivity contribution in [2.45, 2.75) is 25.9 Å². The first-order chi connectivity index (χ1) is 8.13. The maximum Gasteiger partial charge on any atom is 0.0649 e. The summed E-state index contributed by atoms with van der Waals surface area (Å²) in [6.07, 6.45) is 0.